The van der Waals surface area contributed by atoms with E-state index in [4.69, 9.17) is 0 Å². The summed E-state index contributed by atoms with van der Waals surface area (Å²) in [6.45, 7) is 15.8. The summed E-state index contributed by atoms with van der Waals surface area (Å²) in [5.74, 6) is -2.54. The summed E-state index contributed by atoms with van der Waals surface area (Å²) in [6, 6.07) is 9.15. The lowest BCUT2D eigenvalue weighted by Crippen LogP contribution is -2.60. The molecule has 0 heterocycles. The molecule has 5 aliphatic carbocycles. The molecule has 0 N–H and O–H groups in total. The number of benzene rings is 1. The van der Waals surface area contributed by atoms with E-state index in [2.05, 4.69) is 58.9 Å². The van der Waals surface area contributed by atoms with Crippen molar-refractivity contribution in [3.8, 4) is 0 Å². The molecule has 42 heavy (non-hydrogen) atoms. The Bertz CT molecular complexity index is 1220. The number of fused-ring (bicyclic) bond motifs is 4. The predicted molar refractivity (Wildman–Crippen MR) is 169 cm³/mol. The first-order valence-corrected chi connectivity index (χ1v) is 17.3. The smallest absolute Gasteiger partial charge is 0.237 e. The van der Waals surface area contributed by atoms with Crippen LogP contribution in [0.3, 0.4) is 0 Å². The lowest BCUT2D eigenvalue weighted by atomic mass is 9.43. The summed E-state index contributed by atoms with van der Waals surface area (Å²) in [4.78, 5) is 0. The van der Waals surface area contributed by atoms with Crippen molar-refractivity contribution in [3.05, 3.63) is 46.5 Å². The number of aryl methyl sites for hydroxylation is 1. The van der Waals surface area contributed by atoms with Gasteiger partial charge in [-0.15, -0.1) is 0 Å². The summed E-state index contributed by atoms with van der Waals surface area (Å²) in [6.07, 6.45) is 14.7. The van der Waals surface area contributed by atoms with E-state index < -0.39 is 22.4 Å². The van der Waals surface area contributed by atoms with E-state index in [1.165, 1.54) is 69.4 Å². The fraction of sp³-hybridized carbons (Fsp3) is 0.795. The van der Waals surface area contributed by atoms with Crippen molar-refractivity contribution in [2.24, 2.45) is 38.9 Å². The molecule has 1 aromatic carbocycles. The van der Waals surface area contributed by atoms with Gasteiger partial charge in [-0.05, 0) is 135 Å². The highest BCUT2D eigenvalue weighted by Crippen LogP contribution is 2.75. The quantitative estimate of drug-likeness (QED) is 0.310. The largest absolute Gasteiger partial charge is 0.278 e. The van der Waals surface area contributed by atoms with Crippen LogP contribution in [0.2, 0.25) is 0 Å². The molecular weight excluding hydrogens is 525 g/mol. The Labute approximate surface area is 254 Å². The summed E-state index contributed by atoms with van der Waals surface area (Å²) in [7, 11) is 0. The van der Waals surface area contributed by atoms with Crippen molar-refractivity contribution in [2.45, 2.75) is 156 Å². The summed E-state index contributed by atoms with van der Waals surface area (Å²) in [5.41, 5.74) is 3.10. The van der Waals surface area contributed by atoms with Gasteiger partial charge in [0.1, 0.15) is 0 Å². The Morgan fingerprint density at radius 1 is 0.810 bits per heavy atom. The van der Waals surface area contributed by atoms with Crippen LogP contribution in [0.15, 0.2) is 35.4 Å². The van der Waals surface area contributed by atoms with Gasteiger partial charge in [0.25, 0.3) is 5.92 Å². The molecular formula is C39H57F3. The Kier molecular flexibility index (Phi) is 7.05. The molecule has 1 spiro atoms. The maximum Gasteiger partial charge on any atom is 0.278 e. The number of hydrogen-bond acceptors (Lipinski definition) is 0. The molecule has 234 valence electrons. The monoisotopic (exact) mass is 582 g/mol. The van der Waals surface area contributed by atoms with Crippen LogP contribution in [0.1, 0.15) is 149 Å². The third-order valence-corrected chi connectivity index (χ3v) is 15.0. The first-order chi connectivity index (χ1) is 19.4. The van der Waals surface area contributed by atoms with Crippen LogP contribution < -0.4 is 0 Å². The fourth-order valence-corrected chi connectivity index (χ4v) is 11.6. The highest BCUT2D eigenvalue weighted by atomic mass is 19.3. The molecule has 6 unspecified atom stereocenters. The lowest BCUT2D eigenvalue weighted by Gasteiger charge is -2.61. The van der Waals surface area contributed by atoms with Gasteiger partial charge in [0, 0.05) is 18.3 Å². The number of halogens is 3. The molecule has 3 heteroatoms. The second-order valence-electron chi connectivity index (χ2n) is 17.6. The number of allylic oxidation sites excluding steroid dienone is 2. The summed E-state index contributed by atoms with van der Waals surface area (Å²) in [5, 5.41) is 0. The van der Waals surface area contributed by atoms with E-state index in [0.717, 1.165) is 32.6 Å². The highest BCUT2D eigenvalue weighted by molar-refractivity contribution is 5.43. The topological polar surface area (TPSA) is 0 Å². The molecule has 0 saturated heterocycles. The van der Waals surface area contributed by atoms with Crippen molar-refractivity contribution in [2.75, 3.05) is 0 Å². The molecule has 0 aromatic heterocycles. The Balaban J connectivity index is 1.45. The van der Waals surface area contributed by atoms with Crippen LogP contribution in [0, 0.1) is 38.9 Å². The molecule has 4 fully saturated rings. The SMILES string of the molecule is CCc1ccc(C2CC3(C)C(CC[C@@]3(C)C(C)(F)C(C)(F)F)C3CCC4(C)CC5(CCC4=C23)CCC(C)(C)CC5)cc1. The Hall–Kier alpha value is -1.25. The molecule has 0 nitrogen and oxygen atoms in total. The van der Waals surface area contributed by atoms with E-state index in [-0.39, 0.29) is 17.3 Å². The number of hydrogen-bond donors (Lipinski definition) is 0. The van der Waals surface area contributed by atoms with Gasteiger partial charge >= 0.3 is 0 Å². The van der Waals surface area contributed by atoms with Crippen LogP contribution >= 0.6 is 0 Å². The maximum absolute atomic E-state index is 16.6. The first kappa shape index (κ1) is 30.8. The molecule has 7 atom stereocenters. The van der Waals surface area contributed by atoms with Crippen molar-refractivity contribution < 1.29 is 13.2 Å². The van der Waals surface area contributed by atoms with Crippen molar-refractivity contribution >= 4 is 0 Å². The minimum atomic E-state index is -3.38. The van der Waals surface area contributed by atoms with E-state index in [0.29, 0.717) is 23.2 Å². The third-order valence-electron chi connectivity index (χ3n) is 15.0. The normalized spacial score (nSPS) is 40.7. The second kappa shape index (κ2) is 9.62. The number of rotatable bonds is 4. The van der Waals surface area contributed by atoms with Gasteiger partial charge in [0.15, 0.2) is 5.67 Å². The molecule has 4 saturated carbocycles. The van der Waals surface area contributed by atoms with Gasteiger partial charge in [-0.3, -0.25) is 0 Å². The molecule has 6 rings (SSSR count). The van der Waals surface area contributed by atoms with E-state index in [9.17, 15) is 0 Å². The third kappa shape index (κ3) is 4.34. The highest BCUT2D eigenvalue weighted by Gasteiger charge is 2.72. The Morgan fingerprint density at radius 2 is 1.45 bits per heavy atom. The van der Waals surface area contributed by atoms with Crippen molar-refractivity contribution in [1.82, 2.24) is 0 Å². The van der Waals surface area contributed by atoms with Gasteiger partial charge in [-0.2, -0.15) is 0 Å². The molecule has 0 amide bonds. The fourth-order valence-electron chi connectivity index (χ4n) is 11.6. The minimum absolute atomic E-state index is 0.190. The lowest BCUT2D eigenvalue weighted by molar-refractivity contribution is -0.209. The molecule has 0 radical (unpaired) electrons. The second-order valence-corrected chi connectivity index (χ2v) is 17.6. The number of alkyl halides is 3. The van der Waals surface area contributed by atoms with Crippen molar-refractivity contribution in [3.63, 3.8) is 0 Å². The molecule has 5 aliphatic rings. The van der Waals surface area contributed by atoms with Gasteiger partial charge < -0.3 is 0 Å². The van der Waals surface area contributed by atoms with Crippen LogP contribution in [0.4, 0.5) is 13.2 Å². The average molecular weight is 583 g/mol. The van der Waals surface area contributed by atoms with E-state index in [1.807, 2.05) is 6.92 Å². The van der Waals surface area contributed by atoms with Crippen LogP contribution in [-0.4, -0.2) is 11.6 Å². The van der Waals surface area contributed by atoms with Gasteiger partial charge in [-0.25, -0.2) is 13.2 Å². The van der Waals surface area contributed by atoms with E-state index in [1.54, 1.807) is 11.1 Å². The zero-order valence-electron chi connectivity index (χ0n) is 27.9. The van der Waals surface area contributed by atoms with Gasteiger partial charge in [0.05, 0.1) is 0 Å². The standard InChI is InChI=1S/C39H57F3/c1-9-26-10-12-27(13-11-26)29-24-35(5)30(15-18-36(35,6)37(7,40)38(8,41)42)28-14-17-34(4)25-39(19-16-31(34)32(28)29)22-20-33(2,3)21-23-39/h10-13,28-30H,9,14-25H2,1-8H3/t28?,29?,30?,34?,35?,36-,37?/m1/s1. The minimum Gasteiger partial charge on any atom is -0.237 e. The molecule has 1 aromatic rings. The average Bonchev–Trinajstić information content (AvgIpc) is 3.20. The zero-order valence-corrected chi connectivity index (χ0v) is 27.9. The first-order valence-electron chi connectivity index (χ1n) is 17.3. The molecule has 0 aliphatic heterocycles. The van der Waals surface area contributed by atoms with Gasteiger partial charge in [0.2, 0.25) is 0 Å². The maximum atomic E-state index is 16.6. The predicted octanol–water partition coefficient (Wildman–Crippen LogP) is 12.0. The van der Waals surface area contributed by atoms with E-state index >= 15 is 13.2 Å². The van der Waals surface area contributed by atoms with Crippen LogP contribution in [0.5, 0.6) is 0 Å². The Morgan fingerprint density at radius 3 is 2.05 bits per heavy atom. The summed E-state index contributed by atoms with van der Waals surface area (Å²) >= 11 is 0. The van der Waals surface area contributed by atoms with Crippen LogP contribution in [0.25, 0.3) is 0 Å². The van der Waals surface area contributed by atoms with Crippen molar-refractivity contribution in [1.29, 1.82) is 0 Å². The van der Waals surface area contributed by atoms with Gasteiger partial charge in [-0.1, -0.05) is 77.0 Å². The summed E-state index contributed by atoms with van der Waals surface area (Å²) < 4.78 is 46.7. The molecule has 0 bridgehead atoms. The van der Waals surface area contributed by atoms with Crippen LogP contribution in [-0.2, 0) is 6.42 Å². The zero-order chi connectivity index (χ0) is 30.6.